The van der Waals surface area contributed by atoms with Gasteiger partial charge in [0.1, 0.15) is 5.75 Å². The normalized spacial score (nSPS) is 10.4. The quantitative estimate of drug-likeness (QED) is 0.545. The Balaban J connectivity index is 2.34. The largest absolute Gasteiger partial charge is 0.502 e. The molecule has 1 aromatic rings. The van der Waals surface area contributed by atoms with Crippen LogP contribution in [0.15, 0.2) is 37.1 Å². The number of hydrogen-bond donors (Lipinski definition) is 1. The van der Waals surface area contributed by atoms with Crippen LogP contribution in [0.25, 0.3) is 0 Å². The van der Waals surface area contributed by atoms with Crippen LogP contribution in [0, 0.1) is 0 Å². The first-order valence-corrected chi connectivity index (χ1v) is 5.70. The zero-order chi connectivity index (χ0) is 13.2. The molecule has 100 valence electrons. The molecule has 0 spiro atoms. The van der Waals surface area contributed by atoms with Gasteiger partial charge in [0.15, 0.2) is 0 Å². The summed E-state index contributed by atoms with van der Waals surface area (Å²) in [5.74, 6) is 0.211. The highest BCUT2D eigenvalue weighted by molar-refractivity contribution is 5.33. The number of nitrogens with one attached hydrogen (secondary N) is 1. The molecule has 0 radical (unpaired) electrons. The lowest BCUT2D eigenvalue weighted by molar-refractivity contribution is -0.0504. The second-order valence-electron chi connectivity index (χ2n) is 3.55. The van der Waals surface area contributed by atoms with Crippen LogP contribution in [0.5, 0.6) is 5.75 Å². The van der Waals surface area contributed by atoms with E-state index in [0.29, 0.717) is 18.7 Å². The third kappa shape index (κ3) is 5.63. The van der Waals surface area contributed by atoms with Crippen molar-refractivity contribution >= 4 is 0 Å². The predicted molar refractivity (Wildman–Crippen MR) is 65.5 cm³/mol. The molecular formula is C13H17F2NO2. The topological polar surface area (TPSA) is 30.5 Å². The summed E-state index contributed by atoms with van der Waals surface area (Å²) in [5, 5.41) is 3.14. The van der Waals surface area contributed by atoms with E-state index in [0.717, 1.165) is 13.0 Å². The van der Waals surface area contributed by atoms with Gasteiger partial charge in [-0.3, -0.25) is 0 Å². The number of alkyl halides is 2. The molecule has 1 aromatic carbocycles. The molecule has 0 aliphatic rings. The summed E-state index contributed by atoms with van der Waals surface area (Å²) in [5.41, 5.74) is 0.711. The molecule has 1 rings (SSSR count). The highest BCUT2D eigenvalue weighted by Crippen LogP contribution is 2.19. The number of ether oxygens (including phenoxy) is 2. The first-order chi connectivity index (χ1) is 8.74. The van der Waals surface area contributed by atoms with Crippen LogP contribution in [0.3, 0.4) is 0 Å². The smallest absolute Gasteiger partial charge is 0.387 e. The highest BCUT2D eigenvalue weighted by Gasteiger charge is 2.08. The molecular weight excluding hydrogens is 240 g/mol. The van der Waals surface area contributed by atoms with E-state index in [2.05, 4.69) is 16.6 Å². The van der Waals surface area contributed by atoms with E-state index in [1.54, 1.807) is 18.2 Å². The van der Waals surface area contributed by atoms with Crippen molar-refractivity contribution in [3.63, 3.8) is 0 Å². The molecule has 0 atom stereocenters. The number of para-hydroxylation sites is 1. The van der Waals surface area contributed by atoms with Gasteiger partial charge in [0.25, 0.3) is 0 Å². The zero-order valence-corrected chi connectivity index (χ0v) is 10.1. The van der Waals surface area contributed by atoms with Gasteiger partial charge in [0.05, 0.1) is 12.9 Å². The van der Waals surface area contributed by atoms with E-state index in [1.807, 2.05) is 0 Å². The van der Waals surface area contributed by atoms with Gasteiger partial charge in [-0.1, -0.05) is 24.8 Å². The monoisotopic (exact) mass is 257 g/mol. The van der Waals surface area contributed by atoms with Crippen molar-refractivity contribution in [2.24, 2.45) is 0 Å². The van der Waals surface area contributed by atoms with Crippen molar-refractivity contribution in [3.05, 3.63) is 42.7 Å². The van der Waals surface area contributed by atoms with Gasteiger partial charge in [-0.15, -0.1) is 0 Å². The summed E-state index contributed by atoms with van der Waals surface area (Å²) in [7, 11) is 0. The summed E-state index contributed by atoms with van der Waals surface area (Å²) in [6, 6.07) is 6.74. The van der Waals surface area contributed by atoms with E-state index in [4.69, 9.17) is 4.74 Å². The van der Waals surface area contributed by atoms with Crippen LogP contribution >= 0.6 is 0 Å². The van der Waals surface area contributed by atoms with E-state index >= 15 is 0 Å². The maximum absolute atomic E-state index is 12.2. The summed E-state index contributed by atoms with van der Waals surface area (Å²) in [6.45, 7) is 2.44. The van der Waals surface area contributed by atoms with Gasteiger partial charge >= 0.3 is 6.61 Å². The molecule has 5 heteroatoms. The second kappa shape index (κ2) is 8.47. The minimum Gasteiger partial charge on any atom is -0.502 e. The maximum atomic E-state index is 12.2. The number of halogens is 2. The van der Waals surface area contributed by atoms with E-state index in [9.17, 15) is 8.78 Å². The number of benzene rings is 1. The minimum absolute atomic E-state index is 0.211. The molecule has 0 aliphatic carbocycles. The van der Waals surface area contributed by atoms with Gasteiger partial charge in [0.2, 0.25) is 0 Å². The lowest BCUT2D eigenvalue weighted by Crippen LogP contribution is -2.17. The first kappa shape index (κ1) is 14.4. The van der Waals surface area contributed by atoms with E-state index in [-0.39, 0.29) is 5.75 Å². The fraction of sp³-hybridized carbons (Fsp3) is 0.385. The van der Waals surface area contributed by atoms with Crippen LogP contribution in [0.1, 0.15) is 12.0 Å². The Morgan fingerprint density at radius 2 is 2.11 bits per heavy atom. The standard InChI is InChI=1S/C13H17F2NO2/c1-2-17-9-5-8-16-10-11-6-3-4-7-12(11)18-13(14)15/h2-4,6-7,13,16H,1,5,8-10H2. The van der Waals surface area contributed by atoms with Crippen LogP contribution in [0.4, 0.5) is 8.78 Å². The maximum Gasteiger partial charge on any atom is 0.387 e. The van der Waals surface area contributed by atoms with E-state index < -0.39 is 6.61 Å². The zero-order valence-electron chi connectivity index (χ0n) is 10.1. The Morgan fingerprint density at radius 3 is 2.83 bits per heavy atom. The third-order valence-electron chi connectivity index (χ3n) is 2.24. The number of rotatable bonds is 9. The highest BCUT2D eigenvalue weighted by atomic mass is 19.3. The van der Waals surface area contributed by atoms with Crippen LogP contribution in [0.2, 0.25) is 0 Å². The first-order valence-electron chi connectivity index (χ1n) is 5.70. The molecule has 0 bridgehead atoms. The fourth-order valence-corrected chi connectivity index (χ4v) is 1.45. The van der Waals surface area contributed by atoms with E-state index in [1.165, 1.54) is 12.3 Å². The van der Waals surface area contributed by atoms with Gasteiger partial charge in [-0.2, -0.15) is 8.78 Å². The van der Waals surface area contributed by atoms with Crippen LogP contribution in [-0.2, 0) is 11.3 Å². The molecule has 0 amide bonds. The molecule has 1 N–H and O–H groups in total. The van der Waals surface area contributed by atoms with Crippen molar-refractivity contribution < 1.29 is 18.3 Å². The van der Waals surface area contributed by atoms with Crippen LogP contribution in [-0.4, -0.2) is 19.8 Å². The SMILES string of the molecule is C=COCCCNCc1ccccc1OC(F)F. The van der Waals surface area contributed by atoms with Crippen molar-refractivity contribution in [2.45, 2.75) is 19.6 Å². The van der Waals surface area contributed by atoms with Crippen molar-refractivity contribution in [1.82, 2.24) is 5.32 Å². The molecule has 0 aromatic heterocycles. The average molecular weight is 257 g/mol. The summed E-state index contributed by atoms with van der Waals surface area (Å²) in [4.78, 5) is 0. The summed E-state index contributed by atoms with van der Waals surface area (Å²) < 4.78 is 33.7. The summed E-state index contributed by atoms with van der Waals surface area (Å²) in [6.07, 6.45) is 2.22. The molecule has 3 nitrogen and oxygen atoms in total. The molecule has 0 fully saturated rings. The van der Waals surface area contributed by atoms with Gasteiger partial charge in [-0.25, -0.2) is 0 Å². The van der Waals surface area contributed by atoms with Gasteiger partial charge in [-0.05, 0) is 19.0 Å². The lowest BCUT2D eigenvalue weighted by Gasteiger charge is -2.11. The Hall–Kier alpha value is -1.62. The molecule has 0 heterocycles. The van der Waals surface area contributed by atoms with Crippen LogP contribution < -0.4 is 10.1 Å². The summed E-state index contributed by atoms with van der Waals surface area (Å²) >= 11 is 0. The van der Waals surface area contributed by atoms with Gasteiger partial charge in [0, 0.05) is 12.1 Å². The van der Waals surface area contributed by atoms with Crippen molar-refractivity contribution in [3.8, 4) is 5.75 Å². The Morgan fingerprint density at radius 1 is 1.33 bits per heavy atom. The van der Waals surface area contributed by atoms with Gasteiger partial charge < -0.3 is 14.8 Å². The second-order valence-corrected chi connectivity index (χ2v) is 3.55. The average Bonchev–Trinajstić information content (AvgIpc) is 2.35. The minimum atomic E-state index is -2.80. The molecule has 0 unspecified atom stereocenters. The Bertz CT molecular complexity index is 359. The van der Waals surface area contributed by atoms with Crippen molar-refractivity contribution in [1.29, 1.82) is 0 Å². The molecule has 18 heavy (non-hydrogen) atoms. The third-order valence-corrected chi connectivity index (χ3v) is 2.24. The van der Waals surface area contributed by atoms with Crippen molar-refractivity contribution in [2.75, 3.05) is 13.2 Å². The molecule has 0 saturated heterocycles. The lowest BCUT2D eigenvalue weighted by atomic mass is 10.2. The molecule has 0 aliphatic heterocycles. The predicted octanol–water partition coefficient (Wildman–Crippen LogP) is 2.93. The Labute approximate surface area is 105 Å². The fourth-order valence-electron chi connectivity index (χ4n) is 1.45. The Kier molecular flexibility index (Phi) is 6.79. The molecule has 0 saturated carbocycles. The number of hydrogen-bond acceptors (Lipinski definition) is 3.